The summed E-state index contributed by atoms with van der Waals surface area (Å²) in [5.41, 5.74) is 2.29. The van der Waals surface area contributed by atoms with Gasteiger partial charge in [0.05, 0.1) is 11.7 Å². The summed E-state index contributed by atoms with van der Waals surface area (Å²) in [6.07, 6.45) is 4.79. The topological polar surface area (TPSA) is 24.9 Å². The van der Waals surface area contributed by atoms with Crippen molar-refractivity contribution in [2.24, 2.45) is 0 Å². The van der Waals surface area contributed by atoms with Crippen LogP contribution in [-0.2, 0) is 12.8 Å². The Labute approximate surface area is 139 Å². The molecule has 21 heavy (non-hydrogen) atoms. The highest BCUT2D eigenvalue weighted by Gasteiger charge is 2.23. The fraction of sp³-hybridized carbons (Fsp3) is 0.438. The van der Waals surface area contributed by atoms with Gasteiger partial charge in [-0.15, -0.1) is 11.3 Å². The van der Waals surface area contributed by atoms with Gasteiger partial charge in [0.15, 0.2) is 0 Å². The fourth-order valence-corrected chi connectivity index (χ4v) is 4.42. The molecule has 1 unspecified atom stereocenters. The summed E-state index contributed by atoms with van der Waals surface area (Å²) in [7, 11) is 0. The lowest BCUT2D eigenvalue weighted by molar-refractivity contribution is 0.621. The van der Waals surface area contributed by atoms with Crippen LogP contribution in [0.5, 0.6) is 0 Å². The molecular weight excluding hydrogens is 323 g/mol. The van der Waals surface area contributed by atoms with Gasteiger partial charge in [0, 0.05) is 14.9 Å². The van der Waals surface area contributed by atoms with Crippen LogP contribution in [0.25, 0.3) is 0 Å². The zero-order chi connectivity index (χ0) is 14.8. The second kappa shape index (κ2) is 6.66. The average molecular weight is 341 g/mol. The molecule has 0 saturated carbocycles. The molecule has 112 valence electrons. The summed E-state index contributed by atoms with van der Waals surface area (Å²) < 4.78 is 0. The van der Waals surface area contributed by atoms with Gasteiger partial charge >= 0.3 is 0 Å². The van der Waals surface area contributed by atoms with E-state index in [1.807, 2.05) is 29.5 Å². The Morgan fingerprint density at radius 1 is 1.29 bits per heavy atom. The lowest BCUT2D eigenvalue weighted by atomic mass is 10.0. The number of fused-ring (bicyclic) bond motifs is 1. The zero-order valence-corrected chi connectivity index (χ0v) is 14.3. The van der Waals surface area contributed by atoms with Crippen LogP contribution in [0.4, 0.5) is 0 Å². The van der Waals surface area contributed by atoms with Crippen LogP contribution in [-0.4, -0.2) is 11.5 Å². The van der Waals surface area contributed by atoms with Crippen LogP contribution in [0.15, 0.2) is 18.2 Å². The van der Waals surface area contributed by atoms with Crippen molar-refractivity contribution >= 4 is 34.5 Å². The number of rotatable bonds is 4. The van der Waals surface area contributed by atoms with Crippen LogP contribution in [0.2, 0.25) is 10.0 Å². The second-order valence-corrected chi connectivity index (χ2v) is 7.24. The van der Waals surface area contributed by atoms with E-state index >= 15 is 0 Å². The summed E-state index contributed by atoms with van der Waals surface area (Å²) in [5.74, 6) is 0. The average Bonchev–Trinajstić information content (AvgIpc) is 2.91. The molecule has 1 aliphatic carbocycles. The molecule has 2 nitrogen and oxygen atoms in total. The van der Waals surface area contributed by atoms with E-state index in [0.29, 0.717) is 5.02 Å². The molecule has 1 heterocycles. The SMILES string of the molecule is CCNC(c1nc2c(s1)CCCC2)c1cc(Cl)ccc1Cl. The molecule has 1 N–H and O–H groups in total. The molecule has 1 atom stereocenters. The first-order chi connectivity index (χ1) is 10.2. The van der Waals surface area contributed by atoms with Crippen molar-refractivity contribution in [3.05, 3.63) is 49.4 Å². The molecule has 0 saturated heterocycles. The predicted molar refractivity (Wildman–Crippen MR) is 90.7 cm³/mol. The third-order valence-corrected chi connectivity index (χ3v) is 5.59. The summed E-state index contributed by atoms with van der Waals surface area (Å²) in [6.45, 7) is 2.96. The van der Waals surface area contributed by atoms with Crippen molar-refractivity contribution in [1.29, 1.82) is 0 Å². The monoisotopic (exact) mass is 340 g/mol. The molecule has 1 aliphatic rings. The smallest absolute Gasteiger partial charge is 0.115 e. The van der Waals surface area contributed by atoms with E-state index in [1.165, 1.54) is 23.4 Å². The van der Waals surface area contributed by atoms with Gasteiger partial charge in [-0.25, -0.2) is 4.98 Å². The Morgan fingerprint density at radius 3 is 2.86 bits per heavy atom. The van der Waals surface area contributed by atoms with Crippen molar-refractivity contribution in [2.75, 3.05) is 6.54 Å². The molecule has 1 aromatic carbocycles. The Bertz CT molecular complexity index is 616. The molecule has 3 rings (SSSR count). The number of nitrogens with zero attached hydrogens (tertiary/aromatic N) is 1. The lowest BCUT2D eigenvalue weighted by Gasteiger charge is -2.17. The fourth-order valence-electron chi connectivity index (χ4n) is 2.77. The first kappa shape index (κ1) is 15.3. The zero-order valence-electron chi connectivity index (χ0n) is 12.0. The molecule has 0 radical (unpaired) electrons. The van der Waals surface area contributed by atoms with E-state index in [0.717, 1.165) is 35.0 Å². The minimum atomic E-state index is 0.0248. The van der Waals surface area contributed by atoms with Crippen molar-refractivity contribution in [2.45, 2.75) is 38.6 Å². The highest BCUT2D eigenvalue weighted by atomic mass is 35.5. The van der Waals surface area contributed by atoms with Crippen molar-refractivity contribution in [3.8, 4) is 0 Å². The van der Waals surface area contributed by atoms with Gasteiger partial charge in [0.25, 0.3) is 0 Å². The molecule has 5 heteroatoms. The van der Waals surface area contributed by atoms with E-state index < -0.39 is 0 Å². The van der Waals surface area contributed by atoms with Gasteiger partial charge in [0.2, 0.25) is 0 Å². The van der Waals surface area contributed by atoms with Gasteiger partial charge in [-0.3, -0.25) is 0 Å². The maximum atomic E-state index is 6.38. The Hall–Kier alpha value is -0.610. The van der Waals surface area contributed by atoms with E-state index in [4.69, 9.17) is 28.2 Å². The maximum absolute atomic E-state index is 6.38. The molecule has 0 bridgehead atoms. The minimum absolute atomic E-state index is 0.0248. The van der Waals surface area contributed by atoms with Crippen molar-refractivity contribution < 1.29 is 0 Å². The van der Waals surface area contributed by atoms with Crippen LogP contribution in [0, 0.1) is 0 Å². The summed E-state index contributed by atoms with van der Waals surface area (Å²) in [5, 5.41) is 6.04. The van der Waals surface area contributed by atoms with Crippen molar-refractivity contribution in [3.63, 3.8) is 0 Å². The summed E-state index contributed by atoms with van der Waals surface area (Å²) in [4.78, 5) is 6.31. The first-order valence-corrected chi connectivity index (χ1v) is 8.93. The van der Waals surface area contributed by atoms with Crippen LogP contribution in [0.3, 0.4) is 0 Å². The molecule has 0 amide bonds. The number of aromatic nitrogens is 1. The number of benzene rings is 1. The predicted octanol–water partition coefficient (Wildman–Crippen LogP) is 5.03. The molecular formula is C16H18Cl2N2S. The first-order valence-electron chi connectivity index (χ1n) is 7.36. The van der Waals surface area contributed by atoms with E-state index in [-0.39, 0.29) is 6.04 Å². The standard InChI is InChI=1S/C16H18Cl2N2S/c1-2-19-15(11-9-10(17)7-8-12(11)18)16-20-13-5-3-4-6-14(13)21-16/h7-9,15,19H,2-6H2,1H3. The van der Waals surface area contributed by atoms with E-state index in [9.17, 15) is 0 Å². The third-order valence-electron chi connectivity index (χ3n) is 3.79. The summed E-state index contributed by atoms with van der Waals surface area (Å²) >= 11 is 14.3. The molecule has 0 spiro atoms. The molecule has 2 aromatic rings. The van der Waals surface area contributed by atoms with Crippen LogP contribution >= 0.6 is 34.5 Å². The second-order valence-electron chi connectivity index (χ2n) is 5.29. The normalized spacial score (nSPS) is 15.8. The van der Waals surface area contributed by atoms with Crippen molar-refractivity contribution in [1.82, 2.24) is 10.3 Å². The Kier molecular flexibility index (Phi) is 4.85. The lowest BCUT2D eigenvalue weighted by Crippen LogP contribution is -2.22. The van der Waals surface area contributed by atoms with Crippen LogP contribution < -0.4 is 5.32 Å². The minimum Gasteiger partial charge on any atom is -0.304 e. The highest BCUT2D eigenvalue weighted by Crippen LogP contribution is 2.35. The number of halogens is 2. The van der Waals surface area contributed by atoms with Gasteiger partial charge < -0.3 is 5.32 Å². The number of hydrogen-bond donors (Lipinski definition) is 1. The highest BCUT2D eigenvalue weighted by molar-refractivity contribution is 7.11. The largest absolute Gasteiger partial charge is 0.304 e. The summed E-state index contributed by atoms with van der Waals surface area (Å²) in [6, 6.07) is 5.65. The maximum Gasteiger partial charge on any atom is 0.115 e. The molecule has 0 fully saturated rings. The number of thiazole rings is 1. The Morgan fingerprint density at radius 2 is 2.10 bits per heavy atom. The quantitative estimate of drug-likeness (QED) is 0.844. The molecule has 1 aromatic heterocycles. The molecule has 0 aliphatic heterocycles. The number of nitrogens with one attached hydrogen (secondary N) is 1. The van der Waals surface area contributed by atoms with Gasteiger partial charge in [-0.1, -0.05) is 30.1 Å². The van der Waals surface area contributed by atoms with Gasteiger partial charge in [0.1, 0.15) is 5.01 Å². The van der Waals surface area contributed by atoms with E-state index in [1.54, 1.807) is 0 Å². The van der Waals surface area contributed by atoms with E-state index in [2.05, 4.69) is 12.2 Å². The van der Waals surface area contributed by atoms with Crippen LogP contribution in [0.1, 0.15) is 46.9 Å². The Balaban J connectivity index is 2.01. The van der Waals surface area contributed by atoms with Gasteiger partial charge in [-0.05, 0) is 56.0 Å². The number of hydrogen-bond acceptors (Lipinski definition) is 3. The number of aryl methyl sites for hydroxylation is 2. The third kappa shape index (κ3) is 3.26. The van der Waals surface area contributed by atoms with Gasteiger partial charge in [-0.2, -0.15) is 0 Å².